The number of carbonyl (C=O) groups is 1. The van der Waals surface area contributed by atoms with Gasteiger partial charge in [0.2, 0.25) is 0 Å². The van der Waals surface area contributed by atoms with Gasteiger partial charge in [-0.3, -0.25) is 4.79 Å². The fourth-order valence-electron chi connectivity index (χ4n) is 2.02. The molecule has 1 rings (SSSR count). The van der Waals surface area contributed by atoms with Crippen LogP contribution < -0.4 is 5.73 Å². The SMILES string of the molecule is COC(=O)C(C)(N)CC(C)OCC1CCCO1. The first-order valence-electron chi connectivity index (χ1n) is 6.06. The van der Waals surface area contributed by atoms with Gasteiger partial charge in [-0.2, -0.15) is 0 Å². The van der Waals surface area contributed by atoms with Gasteiger partial charge in [0.1, 0.15) is 5.54 Å². The molecule has 1 heterocycles. The highest BCUT2D eigenvalue weighted by Gasteiger charge is 2.32. The summed E-state index contributed by atoms with van der Waals surface area (Å²) in [5, 5.41) is 0. The lowest BCUT2D eigenvalue weighted by Crippen LogP contribution is -2.48. The number of hydrogen-bond acceptors (Lipinski definition) is 5. The predicted octanol–water partition coefficient (Wildman–Crippen LogP) is 0.851. The zero-order chi connectivity index (χ0) is 12.9. The Kier molecular flexibility index (Phi) is 5.36. The molecule has 5 nitrogen and oxygen atoms in total. The molecule has 0 aliphatic carbocycles. The van der Waals surface area contributed by atoms with E-state index in [0.29, 0.717) is 13.0 Å². The Hall–Kier alpha value is -0.650. The zero-order valence-corrected chi connectivity index (χ0v) is 10.9. The lowest BCUT2D eigenvalue weighted by Gasteiger charge is -2.25. The molecule has 1 aliphatic heterocycles. The van der Waals surface area contributed by atoms with Gasteiger partial charge in [-0.15, -0.1) is 0 Å². The number of carbonyl (C=O) groups excluding carboxylic acids is 1. The quantitative estimate of drug-likeness (QED) is 0.702. The van der Waals surface area contributed by atoms with E-state index in [1.807, 2.05) is 6.92 Å². The highest BCUT2D eigenvalue weighted by atomic mass is 16.5. The standard InChI is InChI=1S/C12H23NO4/c1-9(7-12(2,13)11(14)15-3)17-8-10-5-4-6-16-10/h9-10H,4-8,13H2,1-3H3. The highest BCUT2D eigenvalue weighted by Crippen LogP contribution is 2.16. The molecular weight excluding hydrogens is 222 g/mol. The molecule has 1 aliphatic rings. The van der Waals surface area contributed by atoms with Crippen molar-refractivity contribution in [2.24, 2.45) is 5.73 Å². The molecule has 1 fully saturated rings. The van der Waals surface area contributed by atoms with Gasteiger partial charge in [-0.1, -0.05) is 0 Å². The Balaban J connectivity index is 2.27. The minimum absolute atomic E-state index is 0.0895. The summed E-state index contributed by atoms with van der Waals surface area (Å²) in [6.45, 7) is 4.95. The van der Waals surface area contributed by atoms with Gasteiger partial charge in [-0.05, 0) is 26.7 Å². The minimum atomic E-state index is -0.995. The monoisotopic (exact) mass is 245 g/mol. The van der Waals surface area contributed by atoms with Crippen molar-refractivity contribution in [1.82, 2.24) is 0 Å². The summed E-state index contributed by atoms with van der Waals surface area (Å²) in [6.07, 6.45) is 2.68. The van der Waals surface area contributed by atoms with Crippen LogP contribution in [-0.4, -0.2) is 44.0 Å². The summed E-state index contributed by atoms with van der Waals surface area (Å²) in [4.78, 5) is 11.4. The van der Waals surface area contributed by atoms with Crippen molar-refractivity contribution >= 4 is 5.97 Å². The van der Waals surface area contributed by atoms with Crippen molar-refractivity contribution in [3.63, 3.8) is 0 Å². The van der Waals surface area contributed by atoms with E-state index in [0.717, 1.165) is 19.4 Å². The van der Waals surface area contributed by atoms with Crippen molar-refractivity contribution in [2.45, 2.75) is 50.9 Å². The molecule has 0 spiro atoms. The minimum Gasteiger partial charge on any atom is -0.468 e. The molecule has 3 atom stereocenters. The molecule has 1 saturated heterocycles. The molecule has 0 aromatic heterocycles. The van der Waals surface area contributed by atoms with Crippen LogP contribution in [0.25, 0.3) is 0 Å². The second-order valence-electron chi connectivity index (χ2n) is 4.89. The molecule has 0 bridgehead atoms. The van der Waals surface area contributed by atoms with Gasteiger partial charge in [0, 0.05) is 13.0 Å². The third kappa shape index (κ3) is 4.61. The van der Waals surface area contributed by atoms with E-state index in [2.05, 4.69) is 4.74 Å². The van der Waals surface area contributed by atoms with Gasteiger partial charge in [0.25, 0.3) is 0 Å². The lowest BCUT2D eigenvalue weighted by atomic mass is 9.96. The van der Waals surface area contributed by atoms with E-state index in [1.165, 1.54) is 7.11 Å². The van der Waals surface area contributed by atoms with Crippen molar-refractivity contribution in [2.75, 3.05) is 20.3 Å². The lowest BCUT2D eigenvalue weighted by molar-refractivity contribution is -0.148. The third-order valence-electron chi connectivity index (χ3n) is 2.95. The summed E-state index contributed by atoms with van der Waals surface area (Å²) in [5.74, 6) is -0.412. The van der Waals surface area contributed by atoms with E-state index < -0.39 is 11.5 Å². The number of hydrogen-bond donors (Lipinski definition) is 1. The fraction of sp³-hybridized carbons (Fsp3) is 0.917. The Bertz CT molecular complexity index is 249. The summed E-state index contributed by atoms with van der Waals surface area (Å²) in [7, 11) is 1.34. The average molecular weight is 245 g/mol. The first-order valence-corrected chi connectivity index (χ1v) is 6.06. The van der Waals surface area contributed by atoms with Crippen molar-refractivity contribution in [3.8, 4) is 0 Å². The van der Waals surface area contributed by atoms with Crippen LogP contribution in [0.5, 0.6) is 0 Å². The number of ether oxygens (including phenoxy) is 3. The smallest absolute Gasteiger partial charge is 0.325 e. The van der Waals surface area contributed by atoms with Crippen LogP contribution in [0.2, 0.25) is 0 Å². The first kappa shape index (κ1) is 14.4. The number of methoxy groups -OCH3 is 1. The summed E-state index contributed by atoms with van der Waals surface area (Å²) < 4.78 is 15.7. The second kappa shape index (κ2) is 6.33. The predicted molar refractivity (Wildman–Crippen MR) is 63.6 cm³/mol. The molecule has 100 valence electrons. The molecule has 5 heteroatoms. The van der Waals surface area contributed by atoms with Gasteiger partial charge >= 0.3 is 5.97 Å². The van der Waals surface area contributed by atoms with E-state index in [-0.39, 0.29) is 12.2 Å². The van der Waals surface area contributed by atoms with Crippen LogP contribution in [0.1, 0.15) is 33.1 Å². The van der Waals surface area contributed by atoms with E-state index in [9.17, 15) is 4.79 Å². The first-order chi connectivity index (χ1) is 7.95. The van der Waals surface area contributed by atoms with E-state index >= 15 is 0 Å². The topological polar surface area (TPSA) is 70.8 Å². The zero-order valence-electron chi connectivity index (χ0n) is 10.9. The molecule has 0 aromatic carbocycles. The van der Waals surface area contributed by atoms with Crippen LogP contribution >= 0.6 is 0 Å². The largest absolute Gasteiger partial charge is 0.468 e. The normalized spacial score (nSPS) is 25.3. The molecule has 0 radical (unpaired) electrons. The van der Waals surface area contributed by atoms with Gasteiger partial charge < -0.3 is 19.9 Å². The maximum atomic E-state index is 11.4. The molecule has 0 aromatic rings. The molecule has 17 heavy (non-hydrogen) atoms. The van der Waals surface area contributed by atoms with Crippen molar-refractivity contribution in [3.05, 3.63) is 0 Å². The molecular formula is C12H23NO4. The highest BCUT2D eigenvalue weighted by molar-refractivity contribution is 5.79. The summed E-state index contributed by atoms with van der Waals surface area (Å²) in [6, 6.07) is 0. The maximum Gasteiger partial charge on any atom is 0.325 e. The fourth-order valence-corrected chi connectivity index (χ4v) is 2.02. The molecule has 3 unspecified atom stereocenters. The summed E-state index contributed by atoms with van der Waals surface area (Å²) in [5.41, 5.74) is 4.87. The van der Waals surface area contributed by atoms with Gasteiger partial charge in [-0.25, -0.2) is 0 Å². The molecule has 2 N–H and O–H groups in total. The Labute approximate surface area is 103 Å². The van der Waals surface area contributed by atoms with E-state index in [1.54, 1.807) is 6.92 Å². The van der Waals surface area contributed by atoms with Crippen molar-refractivity contribution in [1.29, 1.82) is 0 Å². The average Bonchev–Trinajstić information content (AvgIpc) is 2.77. The number of rotatable bonds is 6. The summed E-state index contributed by atoms with van der Waals surface area (Å²) >= 11 is 0. The Morgan fingerprint density at radius 1 is 1.65 bits per heavy atom. The molecule has 0 saturated carbocycles. The van der Waals surface area contributed by atoms with Crippen LogP contribution in [-0.2, 0) is 19.0 Å². The van der Waals surface area contributed by atoms with E-state index in [4.69, 9.17) is 15.2 Å². The van der Waals surface area contributed by atoms with Crippen LogP contribution in [0.4, 0.5) is 0 Å². The second-order valence-corrected chi connectivity index (χ2v) is 4.89. The number of nitrogens with two attached hydrogens (primary N) is 1. The third-order valence-corrected chi connectivity index (χ3v) is 2.95. The Morgan fingerprint density at radius 3 is 2.88 bits per heavy atom. The van der Waals surface area contributed by atoms with Crippen LogP contribution in [0, 0.1) is 0 Å². The maximum absolute atomic E-state index is 11.4. The van der Waals surface area contributed by atoms with Gasteiger partial charge in [0.15, 0.2) is 0 Å². The number of esters is 1. The van der Waals surface area contributed by atoms with Crippen LogP contribution in [0.3, 0.4) is 0 Å². The molecule has 0 amide bonds. The van der Waals surface area contributed by atoms with Gasteiger partial charge in [0.05, 0.1) is 25.9 Å². The van der Waals surface area contributed by atoms with Crippen molar-refractivity contribution < 1.29 is 19.0 Å². The Morgan fingerprint density at radius 2 is 2.35 bits per heavy atom. The van der Waals surface area contributed by atoms with Crippen LogP contribution in [0.15, 0.2) is 0 Å².